The summed E-state index contributed by atoms with van der Waals surface area (Å²) in [4.78, 5) is 35.6. The molecule has 0 aromatic heterocycles. The van der Waals surface area contributed by atoms with Crippen LogP contribution in [0.1, 0.15) is 34.1 Å². The third-order valence-corrected chi connectivity index (χ3v) is 2.92. The molecule has 0 aromatic carbocycles. The molecule has 0 aliphatic heterocycles. The van der Waals surface area contributed by atoms with Gasteiger partial charge in [-0.2, -0.15) is 0 Å². The summed E-state index contributed by atoms with van der Waals surface area (Å²) in [5, 5.41) is 14.2. The molecule has 0 heterocycles. The molecule has 0 aliphatic rings. The molecule has 0 saturated heterocycles. The molecule has 0 saturated carbocycles. The van der Waals surface area contributed by atoms with Crippen molar-refractivity contribution in [3.63, 3.8) is 0 Å². The van der Waals surface area contributed by atoms with Crippen molar-refractivity contribution in [2.24, 2.45) is 11.8 Å². The Bertz CT molecular complexity index is 358. The van der Waals surface area contributed by atoms with Gasteiger partial charge in [0.2, 0.25) is 5.91 Å². The van der Waals surface area contributed by atoms with Gasteiger partial charge in [-0.25, -0.2) is 4.79 Å². The second-order valence-electron chi connectivity index (χ2n) is 5.46. The van der Waals surface area contributed by atoms with Crippen LogP contribution in [0.15, 0.2) is 0 Å². The summed E-state index contributed by atoms with van der Waals surface area (Å²) in [6, 6.07) is -0.345. The maximum Gasteiger partial charge on any atom is 0.317 e. The van der Waals surface area contributed by atoms with Gasteiger partial charge in [-0.05, 0) is 12.8 Å². The second-order valence-corrected chi connectivity index (χ2v) is 5.46. The number of hydrogen-bond acceptors (Lipinski definition) is 3. The van der Waals surface area contributed by atoms with Gasteiger partial charge in [0.25, 0.3) is 0 Å². The lowest BCUT2D eigenvalue weighted by Crippen LogP contribution is -2.44. The fraction of sp³-hybridized carbons (Fsp3) is 0.786. The molecule has 1 atom stereocenters. The molecule has 3 N–H and O–H groups in total. The Morgan fingerprint density at radius 1 is 1.14 bits per heavy atom. The molecule has 0 fully saturated rings. The van der Waals surface area contributed by atoms with Crippen LogP contribution >= 0.6 is 0 Å². The van der Waals surface area contributed by atoms with E-state index >= 15 is 0 Å². The molecule has 0 spiro atoms. The first-order valence-corrected chi connectivity index (χ1v) is 7.30. The van der Waals surface area contributed by atoms with Crippen LogP contribution in [0.4, 0.5) is 4.79 Å². The van der Waals surface area contributed by atoms with E-state index in [4.69, 9.17) is 5.11 Å². The Kier molecular flexibility index (Phi) is 9.16. The van der Waals surface area contributed by atoms with E-state index in [-0.39, 0.29) is 31.4 Å². The van der Waals surface area contributed by atoms with Gasteiger partial charge in [0, 0.05) is 32.6 Å². The number of urea groups is 1. The summed E-state index contributed by atoms with van der Waals surface area (Å²) in [5.74, 6) is -1.28. The first-order valence-electron chi connectivity index (χ1n) is 7.30. The number of carboxylic acids is 1. The van der Waals surface area contributed by atoms with Crippen molar-refractivity contribution in [3.05, 3.63) is 0 Å². The number of hydrogen-bond donors (Lipinski definition) is 3. The average molecular weight is 301 g/mol. The van der Waals surface area contributed by atoms with Gasteiger partial charge in [0.1, 0.15) is 0 Å². The van der Waals surface area contributed by atoms with Crippen molar-refractivity contribution in [2.45, 2.75) is 34.1 Å². The molecule has 122 valence electrons. The fourth-order valence-corrected chi connectivity index (χ4v) is 1.57. The molecule has 7 nitrogen and oxygen atoms in total. The Hall–Kier alpha value is -1.79. The molecule has 0 aromatic rings. The van der Waals surface area contributed by atoms with Crippen LogP contribution in [-0.2, 0) is 9.59 Å². The smallest absolute Gasteiger partial charge is 0.317 e. The maximum absolute atomic E-state index is 11.9. The van der Waals surface area contributed by atoms with E-state index < -0.39 is 11.9 Å². The van der Waals surface area contributed by atoms with E-state index in [9.17, 15) is 14.4 Å². The summed E-state index contributed by atoms with van der Waals surface area (Å²) >= 11 is 0. The molecule has 0 bridgehead atoms. The third kappa shape index (κ3) is 8.88. The van der Waals surface area contributed by atoms with Crippen molar-refractivity contribution < 1.29 is 19.5 Å². The van der Waals surface area contributed by atoms with Crippen LogP contribution in [-0.4, -0.2) is 54.1 Å². The zero-order valence-electron chi connectivity index (χ0n) is 13.3. The predicted octanol–water partition coefficient (Wildman–Crippen LogP) is 0.901. The topological polar surface area (TPSA) is 98.7 Å². The SMILES string of the molecule is CCN(CC(C)C(=O)O)C(=O)NCCC(=O)NCC(C)C. The minimum absolute atomic E-state index is 0.106. The van der Waals surface area contributed by atoms with Crippen molar-refractivity contribution >= 4 is 17.9 Å². The number of nitrogens with zero attached hydrogens (tertiary/aromatic N) is 1. The molecule has 3 amide bonds. The highest BCUT2D eigenvalue weighted by Gasteiger charge is 2.19. The van der Waals surface area contributed by atoms with E-state index in [1.807, 2.05) is 13.8 Å². The molecule has 21 heavy (non-hydrogen) atoms. The second kappa shape index (κ2) is 10.0. The van der Waals surface area contributed by atoms with Crippen LogP contribution in [0.2, 0.25) is 0 Å². The van der Waals surface area contributed by atoms with Crippen LogP contribution in [0.3, 0.4) is 0 Å². The zero-order valence-corrected chi connectivity index (χ0v) is 13.3. The highest BCUT2D eigenvalue weighted by molar-refractivity contribution is 5.78. The summed E-state index contributed by atoms with van der Waals surface area (Å²) in [6.07, 6.45) is 0.213. The first-order chi connectivity index (χ1) is 9.77. The Morgan fingerprint density at radius 2 is 1.76 bits per heavy atom. The van der Waals surface area contributed by atoms with Gasteiger partial charge in [0.05, 0.1) is 5.92 Å². The lowest BCUT2D eigenvalue weighted by molar-refractivity contribution is -0.141. The Balaban J connectivity index is 4.05. The van der Waals surface area contributed by atoms with Gasteiger partial charge in [-0.3, -0.25) is 9.59 Å². The number of rotatable bonds is 9. The van der Waals surface area contributed by atoms with Gasteiger partial charge in [-0.1, -0.05) is 20.8 Å². The molecule has 1 unspecified atom stereocenters. The molecule has 0 aliphatic carbocycles. The first kappa shape index (κ1) is 19.2. The lowest BCUT2D eigenvalue weighted by Gasteiger charge is -2.23. The minimum atomic E-state index is -0.936. The molecule has 7 heteroatoms. The Morgan fingerprint density at radius 3 is 2.24 bits per heavy atom. The number of amides is 3. The quantitative estimate of drug-likeness (QED) is 0.589. The highest BCUT2D eigenvalue weighted by atomic mass is 16.4. The summed E-state index contributed by atoms with van der Waals surface area (Å²) in [6.45, 7) is 8.77. The van der Waals surface area contributed by atoms with Gasteiger partial charge < -0.3 is 20.6 Å². The molecule has 0 rings (SSSR count). The van der Waals surface area contributed by atoms with Gasteiger partial charge in [-0.15, -0.1) is 0 Å². The summed E-state index contributed by atoms with van der Waals surface area (Å²) in [5.41, 5.74) is 0. The van der Waals surface area contributed by atoms with E-state index in [1.165, 1.54) is 4.90 Å². The lowest BCUT2D eigenvalue weighted by atomic mass is 10.2. The summed E-state index contributed by atoms with van der Waals surface area (Å²) < 4.78 is 0. The fourth-order valence-electron chi connectivity index (χ4n) is 1.57. The van der Waals surface area contributed by atoms with Crippen LogP contribution in [0, 0.1) is 11.8 Å². The van der Waals surface area contributed by atoms with Crippen LogP contribution < -0.4 is 10.6 Å². The minimum Gasteiger partial charge on any atom is -0.481 e. The van der Waals surface area contributed by atoms with Crippen LogP contribution in [0.5, 0.6) is 0 Å². The monoisotopic (exact) mass is 301 g/mol. The van der Waals surface area contributed by atoms with E-state index in [0.29, 0.717) is 19.0 Å². The van der Waals surface area contributed by atoms with Crippen molar-refractivity contribution in [2.75, 3.05) is 26.2 Å². The van der Waals surface area contributed by atoms with Crippen molar-refractivity contribution in [1.29, 1.82) is 0 Å². The number of carbonyl (C=O) groups is 3. The van der Waals surface area contributed by atoms with Crippen molar-refractivity contribution in [1.82, 2.24) is 15.5 Å². The highest BCUT2D eigenvalue weighted by Crippen LogP contribution is 2.00. The largest absolute Gasteiger partial charge is 0.481 e. The van der Waals surface area contributed by atoms with E-state index in [1.54, 1.807) is 13.8 Å². The number of carboxylic acid groups (broad SMARTS) is 1. The summed E-state index contributed by atoms with van der Waals surface area (Å²) in [7, 11) is 0. The van der Waals surface area contributed by atoms with E-state index in [0.717, 1.165) is 0 Å². The van der Waals surface area contributed by atoms with Crippen molar-refractivity contribution in [3.8, 4) is 0 Å². The zero-order chi connectivity index (χ0) is 16.4. The third-order valence-electron chi connectivity index (χ3n) is 2.92. The molecular formula is C14H27N3O4. The average Bonchev–Trinajstić information content (AvgIpc) is 2.41. The van der Waals surface area contributed by atoms with Gasteiger partial charge >= 0.3 is 12.0 Å². The predicted molar refractivity (Wildman–Crippen MR) is 79.9 cm³/mol. The standard InChI is InChI=1S/C14H27N3O4/c1-5-17(9-11(4)13(19)20)14(21)15-7-6-12(18)16-8-10(2)3/h10-11H,5-9H2,1-4H3,(H,15,21)(H,16,18)(H,19,20). The Labute approximate surface area is 126 Å². The van der Waals surface area contributed by atoms with E-state index in [2.05, 4.69) is 10.6 Å². The normalized spacial score (nSPS) is 11.9. The number of nitrogens with one attached hydrogen (secondary N) is 2. The number of carbonyl (C=O) groups excluding carboxylic acids is 2. The molecular weight excluding hydrogens is 274 g/mol. The molecule has 0 radical (unpaired) electrons. The van der Waals surface area contributed by atoms with Gasteiger partial charge in [0.15, 0.2) is 0 Å². The maximum atomic E-state index is 11.9. The number of aliphatic carboxylic acids is 1. The van der Waals surface area contributed by atoms with Crippen LogP contribution in [0.25, 0.3) is 0 Å².